The molecule has 2 aromatic rings. The number of benzene rings is 1. The SMILES string of the molecule is Cc1c(C)c2ccc(NC(=O)C3CCC3)cc2[nH]c1=O. The third-order valence-corrected chi connectivity index (χ3v) is 4.32. The van der Waals surface area contributed by atoms with Crippen molar-refractivity contribution in [3.8, 4) is 0 Å². The Morgan fingerprint density at radius 3 is 2.65 bits per heavy atom. The molecule has 1 fully saturated rings. The van der Waals surface area contributed by atoms with Crippen molar-refractivity contribution in [2.45, 2.75) is 33.1 Å². The standard InChI is InChI=1S/C16H18N2O2/c1-9-10(2)15(19)18-14-8-12(6-7-13(9)14)17-16(20)11-4-3-5-11/h6-8,11H,3-5H2,1-2H3,(H,17,20)(H,18,19). The minimum absolute atomic E-state index is 0.0718. The van der Waals surface area contributed by atoms with Crippen LogP contribution >= 0.6 is 0 Å². The van der Waals surface area contributed by atoms with Gasteiger partial charge in [0.2, 0.25) is 5.91 Å². The molecule has 1 aromatic heterocycles. The minimum Gasteiger partial charge on any atom is -0.326 e. The summed E-state index contributed by atoms with van der Waals surface area (Å²) in [5.74, 6) is 0.242. The second kappa shape index (κ2) is 4.78. The number of aryl methyl sites for hydroxylation is 1. The molecule has 104 valence electrons. The lowest BCUT2D eigenvalue weighted by Crippen LogP contribution is -2.28. The maximum atomic E-state index is 11.9. The molecule has 0 unspecified atom stereocenters. The van der Waals surface area contributed by atoms with Crippen LogP contribution in [0.3, 0.4) is 0 Å². The topological polar surface area (TPSA) is 62.0 Å². The molecule has 0 aliphatic heterocycles. The Kier molecular flexibility index (Phi) is 3.08. The summed E-state index contributed by atoms with van der Waals surface area (Å²) in [7, 11) is 0. The quantitative estimate of drug-likeness (QED) is 0.881. The van der Waals surface area contributed by atoms with Gasteiger partial charge in [0.05, 0.1) is 5.52 Å². The summed E-state index contributed by atoms with van der Waals surface area (Å²) in [6.07, 6.45) is 3.10. The van der Waals surface area contributed by atoms with E-state index < -0.39 is 0 Å². The molecule has 2 N–H and O–H groups in total. The molecule has 4 nitrogen and oxygen atoms in total. The highest BCUT2D eigenvalue weighted by molar-refractivity contribution is 5.95. The van der Waals surface area contributed by atoms with Crippen molar-refractivity contribution in [1.82, 2.24) is 4.98 Å². The molecular weight excluding hydrogens is 252 g/mol. The molecule has 3 rings (SSSR count). The number of nitrogens with one attached hydrogen (secondary N) is 2. The van der Waals surface area contributed by atoms with Crippen molar-refractivity contribution in [1.29, 1.82) is 0 Å². The highest BCUT2D eigenvalue weighted by Gasteiger charge is 2.25. The summed E-state index contributed by atoms with van der Waals surface area (Å²) in [6, 6.07) is 5.67. The van der Waals surface area contributed by atoms with Crippen LogP contribution in [0.15, 0.2) is 23.0 Å². The van der Waals surface area contributed by atoms with E-state index in [1.54, 1.807) is 0 Å². The van der Waals surface area contributed by atoms with E-state index >= 15 is 0 Å². The van der Waals surface area contributed by atoms with Crippen LogP contribution in [0.2, 0.25) is 0 Å². The first-order valence-electron chi connectivity index (χ1n) is 7.00. The van der Waals surface area contributed by atoms with E-state index in [4.69, 9.17) is 0 Å². The first kappa shape index (κ1) is 12.9. The lowest BCUT2D eigenvalue weighted by molar-refractivity contribution is -0.122. The zero-order chi connectivity index (χ0) is 14.3. The molecule has 1 aliphatic carbocycles. The fourth-order valence-corrected chi connectivity index (χ4v) is 2.56. The van der Waals surface area contributed by atoms with Crippen LogP contribution in [0, 0.1) is 19.8 Å². The molecule has 0 saturated heterocycles. The van der Waals surface area contributed by atoms with Crippen molar-refractivity contribution in [3.05, 3.63) is 39.7 Å². The fourth-order valence-electron chi connectivity index (χ4n) is 2.56. The van der Waals surface area contributed by atoms with Gasteiger partial charge in [-0.05, 0) is 44.4 Å². The number of H-pyrrole nitrogens is 1. The Labute approximate surface area is 117 Å². The molecule has 0 spiro atoms. The van der Waals surface area contributed by atoms with Crippen molar-refractivity contribution in [2.75, 3.05) is 5.32 Å². The van der Waals surface area contributed by atoms with Gasteiger partial charge in [-0.25, -0.2) is 0 Å². The number of carbonyl (C=O) groups excluding carboxylic acids is 1. The molecule has 0 bridgehead atoms. The first-order valence-corrected chi connectivity index (χ1v) is 7.00. The maximum absolute atomic E-state index is 11.9. The summed E-state index contributed by atoms with van der Waals surface area (Å²) in [5, 5.41) is 3.95. The normalized spacial score (nSPS) is 15.1. The van der Waals surface area contributed by atoms with Gasteiger partial charge in [0.1, 0.15) is 0 Å². The highest BCUT2D eigenvalue weighted by Crippen LogP contribution is 2.28. The minimum atomic E-state index is -0.0718. The number of fused-ring (bicyclic) bond motifs is 1. The predicted octanol–water partition coefficient (Wildman–Crippen LogP) is 2.88. The molecule has 1 heterocycles. The molecule has 1 aliphatic rings. The van der Waals surface area contributed by atoms with Crippen LogP contribution in [-0.4, -0.2) is 10.9 Å². The van der Waals surface area contributed by atoms with E-state index in [1.165, 1.54) is 0 Å². The van der Waals surface area contributed by atoms with E-state index in [0.717, 1.165) is 47.0 Å². The number of pyridine rings is 1. The van der Waals surface area contributed by atoms with Gasteiger partial charge in [-0.2, -0.15) is 0 Å². The Balaban J connectivity index is 1.96. The van der Waals surface area contributed by atoms with Crippen molar-refractivity contribution in [2.24, 2.45) is 5.92 Å². The first-order chi connectivity index (χ1) is 9.56. The number of carbonyl (C=O) groups is 1. The second-order valence-electron chi connectivity index (χ2n) is 5.58. The van der Waals surface area contributed by atoms with Gasteiger partial charge < -0.3 is 10.3 Å². The van der Waals surface area contributed by atoms with Gasteiger partial charge in [-0.15, -0.1) is 0 Å². The third-order valence-electron chi connectivity index (χ3n) is 4.32. The van der Waals surface area contributed by atoms with E-state index in [-0.39, 0.29) is 17.4 Å². The summed E-state index contributed by atoms with van der Waals surface area (Å²) >= 11 is 0. The average molecular weight is 270 g/mol. The Morgan fingerprint density at radius 1 is 1.25 bits per heavy atom. The van der Waals surface area contributed by atoms with Crippen LogP contribution in [0.1, 0.15) is 30.4 Å². The van der Waals surface area contributed by atoms with Crippen molar-refractivity contribution in [3.63, 3.8) is 0 Å². The molecule has 0 radical (unpaired) electrons. The van der Waals surface area contributed by atoms with Gasteiger partial charge in [-0.3, -0.25) is 9.59 Å². The Morgan fingerprint density at radius 2 is 2.00 bits per heavy atom. The van der Waals surface area contributed by atoms with Gasteiger partial charge in [0.25, 0.3) is 5.56 Å². The number of aromatic nitrogens is 1. The zero-order valence-electron chi connectivity index (χ0n) is 11.7. The average Bonchev–Trinajstić information content (AvgIpc) is 2.33. The van der Waals surface area contributed by atoms with Crippen LogP contribution in [-0.2, 0) is 4.79 Å². The van der Waals surface area contributed by atoms with Gasteiger partial charge in [-0.1, -0.05) is 12.5 Å². The van der Waals surface area contributed by atoms with Crippen LogP contribution < -0.4 is 10.9 Å². The van der Waals surface area contributed by atoms with E-state index in [0.29, 0.717) is 0 Å². The summed E-state index contributed by atoms with van der Waals surface area (Å²) in [4.78, 5) is 26.6. The highest BCUT2D eigenvalue weighted by atomic mass is 16.2. The van der Waals surface area contributed by atoms with E-state index in [2.05, 4.69) is 10.3 Å². The molecule has 0 atom stereocenters. The lowest BCUT2D eigenvalue weighted by Gasteiger charge is -2.24. The number of anilines is 1. The second-order valence-corrected chi connectivity index (χ2v) is 5.58. The maximum Gasteiger partial charge on any atom is 0.251 e. The van der Waals surface area contributed by atoms with Crippen LogP contribution in [0.4, 0.5) is 5.69 Å². The van der Waals surface area contributed by atoms with Crippen LogP contribution in [0.5, 0.6) is 0 Å². The Hall–Kier alpha value is -2.10. The van der Waals surface area contributed by atoms with Gasteiger partial charge in [0.15, 0.2) is 0 Å². The lowest BCUT2D eigenvalue weighted by atomic mass is 9.85. The molecule has 20 heavy (non-hydrogen) atoms. The van der Waals surface area contributed by atoms with E-state index in [1.807, 2.05) is 32.0 Å². The number of hydrogen-bond acceptors (Lipinski definition) is 2. The largest absolute Gasteiger partial charge is 0.326 e. The van der Waals surface area contributed by atoms with Crippen LogP contribution in [0.25, 0.3) is 10.9 Å². The fraction of sp³-hybridized carbons (Fsp3) is 0.375. The summed E-state index contributed by atoms with van der Waals surface area (Å²) < 4.78 is 0. The molecular formula is C16H18N2O2. The number of rotatable bonds is 2. The third kappa shape index (κ3) is 2.11. The zero-order valence-corrected chi connectivity index (χ0v) is 11.7. The molecule has 1 amide bonds. The van der Waals surface area contributed by atoms with Crippen molar-refractivity contribution < 1.29 is 4.79 Å². The predicted molar refractivity (Wildman–Crippen MR) is 80.0 cm³/mol. The van der Waals surface area contributed by atoms with Crippen molar-refractivity contribution >= 4 is 22.5 Å². The Bertz CT molecular complexity index is 742. The number of amides is 1. The number of hydrogen-bond donors (Lipinski definition) is 2. The summed E-state index contributed by atoms with van der Waals surface area (Å²) in [5.41, 5.74) is 3.17. The molecule has 1 saturated carbocycles. The monoisotopic (exact) mass is 270 g/mol. The number of aromatic amines is 1. The smallest absolute Gasteiger partial charge is 0.251 e. The molecule has 4 heteroatoms. The summed E-state index contributed by atoms with van der Waals surface area (Å²) in [6.45, 7) is 3.76. The van der Waals surface area contributed by atoms with Gasteiger partial charge >= 0.3 is 0 Å². The molecule has 1 aromatic carbocycles. The van der Waals surface area contributed by atoms with Gasteiger partial charge in [0, 0.05) is 22.6 Å². The van der Waals surface area contributed by atoms with E-state index in [9.17, 15) is 9.59 Å².